The molecule has 0 aliphatic rings. The molecule has 0 bridgehead atoms. The molecule has 0 atom stereocenters. The highest BCUT2D eigenvalue weighted by atomic mass is 32.2. The van der Waals surface area contributed by atoms with Crippen LogP contribution in [0, 0.1) is 11.3 Å². The maximum atomic E-state index is 11.5. The molecule has 0 saturated heterocycles. The fourth-order valence-corrected chi connectivity index (χ4v) is 3.80. The van der Waals surface area contributed by atoms with Crippen molar-refractivity contribution in [2.45, 2.75) is 20.4 Å². The minimum atomic E-state index is -3.37. The van der Waals surface area contributed by atoms with Crippen molar-refractivity contribution in [2.24, 2.45) is 0 Å². The van der Waals surface area contributed by atoms with Crippen molar-refractivity contribution in [1.82, 2.24) is 4.57 Å². The molecule has 7 heteroatoms. The number of aromatic nitrogens is 1. The molecule has 27 heavy (non-hydrogen) atoms. The predicted molar refractivity (Wildman–Crippen MR) is 107 cm³/mol. The smallest absolute Gasteiger partial charge is 0.229 e. The maximum Gasteiger partial charge on any atom is 0.229 e. The molecule has 1 aromatic heterocycles. The largest absolute Gasteiger partial charge is 0.494 e. The van der Waals surface area contributed by atoms with E-state index in [0.29, 0.717) is 24.4 Å². The SMILES string of the molecule is CCOc1ccc(-c2c(C#N)c3ccc(NS(C)(=O)=O)cc3n2CC)cc1. The average Bonchev–Trinajstić information content (AvgIpc) is 2.94. The van der Waals surface area contributed by atoms with Gasteiger partial charge in [-0.25, -0.2) is 8.42 Å². The van der Waals surface area contributed by atoms with Gasteiger partial charge in [-0.3, -0.25) is 4.72 Å². The van der Waals surface area contributed by atoms with Gasteiger partial charge in [0, 0.05) is 11.9 Å². The fourth-order valence-electron chi connectivity index (χ4n) is 3.24. The van der Waals surface area contributed by atoms with E-state index in [0.717, 1.165) is 34.2 Å². The fraction of sp³-hybridized carbons (Fsp3) is 0.250. The summed E-state index contributed by atoms with van der Waals surface area (Å²) in [6.07, 6.45) is 1.11. The molecule has 0 amide bonds. The number of benzene rings is 2. The Morgan fingerprint density at radius 1 is 1.15 bits per heavy atom. The first-order chi connectivity index (χ1) is 12.9. The van der Waals surface area contributed by atoms with Gasteiger partial charge in [-0.1, -0.05) is 0 Å². The van der Waals surface area contributed by atoms with Crippen molar-refractivity contribution in [3.63, 3.8) is 0 Å². The molecule has 140 valence electrons. The van der Waals surface area contributed by atoms with Gasteiger partial charge in [0.1, 0.15) is 11.8 Å². The van der Waals surface area contributed by atoms with Gasteiger partial charge < -0.3 is 9.30 Å². The molecular formula is C20H21N3O3S. The Morgan fingerprint density at radius 2 is 1.85 bits per heavy atom. The van der Waals surface area contributed by atoms with Crippen LogP contribution in [0.2, 0.25) is 0 Å². The molecule has 0 aliphatic heterocycles. The number of fused-ring (bicyclic) bond motifs is 1. The minimum absolute atomic E-state index is 0.472. The van der Waals surface area contributed by atoms with E-state index in [1.165, 1.54) is 0 Å². The molecule has 0 fully saturated rings. The zero-order valence-corrected chi connectivity index (χ0v) is 16.3. The molecule has 0 saturated carbocycles. The van der Waals surface area contributed by atoms with Crippen LogP contribution in [0.15, 0.2) is 42.5 Å². The lowest BCUT2D eigenvalue weighted by Crippen LogP contribution is -2.09. The molecule has 0 spiro atoms. The highest BCUT2D eigenvalue weighted by Gasteiger charge is 2.18. The number of rotatable bonds is 6. The quantitative estimate of drug-likeness (QED) is 0.698. The average molecular weight is 383 g/mol. The van der Waals surface area contributed by atoms with Crippen LogP contribution in [0.1, 0.15) is 19.4 Å². The topological polar surface area (TPSA) is 84.1 Å². The van der Waals surface area contributed by atoms with E-state index in [1.54, 1.807) is 18.2 Å². The van der Waals surface area contributed by atoms with E-state index < -0.39 is 10.0 Å². The van der Waals surface area contributed by atoms with Gasteiger partial charge in [0.05, 0.1) is 35.3 Å². The van der Waals surface area contributed by atoms with Crippen molar-refractivity contribution in [1.29, 1.82) is 5.26 Å². The van der Waals surface area contributed by atoms with Gasteiger partial charge >= 0.3 is 0 Å². The zero-order valence-electron chi connectivity index (χ0n) is 15.5. The molecule has 3 aromatic rings. The number of hydrogen-bond donors (Lipinski definition) is 1. The number of sulfonamides is 1. The summed E-state index contributed by atoms with van der Waals surface area (Å²) < 4.78 is 33.1. The van der Waals surface area contributed by atoms with Crippen molar-refractivity contribution in [3.8, 4) is 23.1 Å². The van der Waals surface area contributed by atoms with Gasteiger partial charge in [0.25, 0.3) is 0 Å². The van der Waals surface area contributed by atoms with Crippen molar-refractivity contribution < 1.29 is 13.2 Å². The van der Waals surface area contributed by atoms with Crippen LogP contribution in [-0.2, 0) is 16.6 Å². The van der Waals surface area contributed by atoms with Crippen LogP contribution < -0.4 is 9.46 Å². The van der Waals surface area contributed by atoms with E-state index in [9.17, 15) is 13.7 Å². The van der Waals surface area contributed by atoms with E-state index >= 15 is 0 Å². The Labute approximate surface area is 159 Å². The Kier molecular flexibility index (Phi) is 5.10. The van der Waals surface area contributed by atoms with E-state index in [1.807, 2.05) is 42.7 Å². The summed E-state index contributed by atoms with van der Waals surface area (Å²) in [7, 11) is -3.37. The van der Waals surface area contributed by atoms with Crippen molar-refractivity contribution >= 4 is 26.6 Å². The van der Waals surface area contributed by atoms with Crippen LogP contribution in [0.3, 0.4) is 0 Å². The van der Waals surface area contributed by atoms with Crippen LogP contribution in [0.5, 0.6) is 5.75 Å². The van der Waals surface area contributed by atoms with Crippen LogP contribution >= 0.6 is 0 Å². The standard InChI is InChI=1S/C20H21N3O3S/c1-4-23-19-12-15(22-27(3,24)25)8-11-17(19)18(13-21)20(23)14-6-9-16(10-7-14)26-5-2/h6-12,22H,4-5H2,1-3H3. The monoisotopic (exact) mass is 383 g/mol. The normalized spacial score (nSPS) is 11.3. The first-order valence-electron chi connectivity index (χ1n) is 8.65. The lowest BCUT2D eigenvalue weighted by atomic mass is 10.1. The molecule has 0 aliphatic carbocycles. The third kappa shape index (κ3) is 3.76. The summed E-state index contributed by atoms with van der Waals surface area (Å²) in [5.41, 5.74) is 3.58. The Balaban J connectivity index is 2.21. The summed E-state index contributed by atoms with van der Waals surface area (Å²) in [4.78, 5) is 0. The molecule has 0 unspecified atom stereocenters. The lowest BCUT2D eigenvalue weighted by Gasteiger charge is -2.10. The van der Waals surface area contributed by atoms with Gasteiger partial charge in [0.15, 0.2) is 0 Å². The third-order valence-corrected chi connectivity index (χ3v) is 4.84. The van der Waals surface area contributed by atoms with Gasteiger partial charge in [-0.2, -0.15) is 5.26 Å². The Bertz CT molecular complexity index is 1120. The molecular weight excluding hydrogens is 362 g/mol. The second-order valence-electron chi connectivity index (χ2n) is 6.14. The number of nitrogens with zero attached hydrogens (tertiary/aromatic N) is 2. The number of nitrogens with one attached hydrogen (secondary N) is 1. The second kappa shape index (κ2) is 7.33. The van der Waals surface area contributed by atoms with Gasteiger partial charge in [-0.05, 0) is 61.9 Å². The summed E-state index contributed by atoms with van der Waals surface area (Å²) >= 11 is 0. The molecule has 2 aromatic carbocycles. The first kappa shape index (κ1) is 18.8. The van der Waals surface area contributed by atoms with E-state index in [-0.39, 0.29) is 0 Å². The Hall–Kier alpha value is -2.98. The summed E-state index contributed by atoms with van der Waals surface area (Å²) in [6, 6.07) is 15.2. The predicted octanol–water partition coefficient (Wildman–Crippen LogP) is 3.97. The highest BCUT2D eigenvalue weighted by molar-refractivity contribution is 7.92. The summed E-state index contributed by atoms with van der Waals surface area (Å²) in [5, 5.41) is 10.6. The zero-order chi connectivity index (χ0) is 19.6. The third-order valence-electron chi connectivity index (χ3n) is 4.23. The number of nitriles is 1. The van der Waals surface area contributed by atoms with Gasteiger partial charge in [0.2, 0.25) is 10.0 Å². The van der Waals surface area contributed by atoms with Crippen LogP contribution in [0.4, 0.5) is 5.69 Å². The molecule has 1 N–H and O–H groups in total. The number of ether oxygens (including phenoxy) is 1. The maximum absolute atomic E-state index is 11.5. The van der Waals surface area contributed by atoms with Crippen molar-refractivity contribution in [3.05, 3.63) is 48.0 Å². The Morgan fingerprint density at radius 3 is 2.41 bits per heavy atom. The summed E-state index contributed by atoms with van der Waals surface area (Å²) in [5.74, 6) is 0.776. The first-order valence-corrected chi connectivity index (χ1v) is 10.5. The van der Waals surface area contributed by atoms with Gasteiger partial charge in [-0.15, -0.1) is 0 Å². The molecule has 3 rings (SSSR count). The molecule has 1 heterocycles. The number of aryl methyl sites for hydroxylation is 1. The molecule has 0 radical (unpaired) electrons. The van der Waals surface area contributed by atoms with Crippen LogP contribution in [-0.4, -0.2) is 25.8 Å². The number of anilines is 1. The summed E-state index contributed by atoms with van der Waals surface area (Å²) in [6.45, 7) is 5.16. The van der Waals surface area contributed by atoms with E-state index in [2.05, 4.69) is 10.8 Å². The van der Waals surface area contributed by atoms with Crippen molar-refractivity contribution in [2.75, 3.05) is 17.6 Å². The second-order valence-corrected chi connectivity index (χ2v) is 7.89. The highest BCUT2D eigenvalue weighted by Crippen LogP contribution is 2.35. The minimum Gasteiger partial charge on any atom is -0.494 e. The number of hydrogen-bond acceptors (Lipinski definition) is 4. The molecule has 6 nitrogen and oxygen atoms in total. The van der Waals surface area contributed by atoms with E-state index in [4.69, 9.17) is 4.74 Å². The lowest BCUT2D eigenvalue weighted by molar-refractivity contribution is 0.340. The van der Waals surface area contributed by atoms with Crippen LogP contribution in [0.25, 0.3) is 22.2 Å².